The van der Waals surface area contributed by atoms with Gasteiger partial charge < -0.3 is 5.32 Å². The summed E-state index contributed by atoms with van der Waals surface area (Å²) in [5, 5.41) is 3.09. The summed E-state index contributed by atoms with van der Waals surface area (Å²) >= 11 is 5.80. The first-order chi connectivity index (χ1) is 7.42. The summed E-state index contributed by atoms with van der Waals surface area (Å²) in [7, 11) is -3.01. The van der Waals surface area contributed by atoms with Crippen LogP contribution in [-0.4, -0.2) is 36.9 Å². The number of hydrogen-bond acceptors (Lipinski definition) is 7. The maximum absolute atomic E-state index is 10.9. The van der Waals surface area contributed by atoms with Gasteiger partial charge in [0.2, 0.25) is 5.95 Å². The van der Waals surface area contributed by atoms with Crippen molar-refractivity contribution in [1.82, 2.24) is 9.97 Å². The number of aromatic nitrogens is 2. The summed E-state index contributed by atoms with van der Waals surface area (Å²) in [5.74, 6) is 5.66. The second-order valence-electron chi connectivity index (χ2n) is 3.09. The number of nitrogen functional groups attached to an aromatic ring is 1. The van der Waals surface area contributed by atoms with Gasteiger partial charge in [-0.15, -0.1) is 0 Å². The minimum atomic E-state index is -3.01. The molecule has 0 saturated heterocycles. The van der Waals surface area contributed by atoms with Gasteiger partial charge in [-0.05, 0) is 0 Å². The monoisotopic (exact) mass is 265 g/mol. The Balaban J connectivity index is 2.66. The topological polar surface area (TPSA) is 110 Å². The predicted octanol–water partition coefficient (Wildman–Crippen LogP) is -0.128. The molecule has 0 spiro atoms. The van der Waals surface area contributed by atoms with Crippen LogP contribution in [0.15, 0.2) is 6.20 Å². The molecule has 90 valence electrons. The molecule has 16 heavy (non-hydrogen) atoms. The van der Waals surface area contributed by atoms with Crippen LogP contribution in [0.3, 0.4) is 0 Å². The van der Waals surface area contributed by atoms with Gasteiger partial charge in [-0.2, -0.15) is 4.98 Å². The first kappa shape index (κ1) is 12.9. The van der Waals surface area contributed by atoms with Gasteiger partial charge in [0, 0.05) is 12.8 Å². The van der Waals surface area contributed by atoms with Crippen LogP contribution in [-0.2, 0) is 9.84 Å². The highest BCUT2D eigenvalue weighted by Crippen LogP contribution is 2.18. The molecule has 0 aliphatic heterocycles. The van der Waals surface area contributed by atoms with Crippen LogP contribution in [0.2, 0.25) is 5.02 Å². The van der Waals surface area contributed by atoms with Crippen molar-refractivity contribution in [1.29, 1.82) is 0 Å². The number of anilines is 2. The maximum Gasteiger partial charge on any atom is 0.239 e. The van der Waals surface area contributed by atoms with Gasteiger partial charge in [-0.3, -0.25) is 5.43 Å². The third-order valence-corrected chi connectivity index (χ3v) is 2.86. The van der Waals surface area contributed by atoms with Gasteiger partial charge in [0.15, 0.2) is 5.82 Å². The van der Waals surface area contributed by atoms with Gasteiger partial charge in [-0.1, -0.05) is 11.6 Å². The lowest BCUT2D eigenvalue weighted by atomic mass is 10.5. The smallest absolute Gasteiger partial charge is 0.239 e. The highest BCUT2D eigenvalue weighted by molar-refractivity contribution is 7.90. The standard InChI is InChI=1S/C7H12ClN5O2S/c1-16(14,15)3-2-10-6-5(8)4-11-7(12-6)13-9/h4H,2-3,9H2,1H3,(H2,10,11,12,13). The molecular weight excluding hydrogens is 254 g/mol. The van der Waals surface area contributed by atoms with Gasteiger partial charge >= 0.3 is 0 Å². The second kappa shape index (κ2) is 5.28. The Bertz CT molecular complexity index is 464. The molecule has 1 rings (SSSR count). The fourth-order valence-electron chi connectivity index (χ4n) is 0.915. The first-order valence-electron chi connectivity index (χ1n) is 4.33. The Labute approximate surface area is 98.3 Å². The third-order valence-electron chi connectivity index (χ3n) is 1.64. The Hall–Kier alpha value is -1.12. The van der Waals surface area contributed by atoms with Crippen LogP contribution in [0.4, 0.5) is 11.8 Å². The highest BCUT2D eigenvalue weighted by atomic mass is 35.5. The van der Waals surface area contributed by atoms with Crippen molar-refractivity contribution < 1.29 is 8.42 Å². The second-order valence-corrected chi connectivity index (χ2v) is 5.76. The van der Waals surface area contributed by atoms with Gasteiger partial charge in [0.1, 0.15) is 14.9 Å². The molecule has 0 aliphatic rings. The molecule has 0 bridgehead atoms. The molecule has 7 nitrogen and oxygen atoms in total. The molecule has 1 aromatic rings. The lowest BCUT2D eigenvalue weighted by molar-refractivity contribution is 0.602. The SMILES string of the molecule is CS(=O)(=O)CCNc1nc(NN)ncc1Cl. The fraction of sp³-hybridized carbons (Fsp3) is 0.429. The van der Waals surface area contributed by atoms with Crippen molar-refractivity contribution in [3.63, 3.8) is 0 Å². The van der Waals surface area contributed by atoms with Crippen LogP contribution in [0.25, 0.3) is 0 Å². The van der Waals surface area contributed by atoms with E-state index in [2.05, 4.69) is 20.7 Å². The van der Waals surface area contributed by atoms with Gasteiger partial charge in [0.05, 0.1) is 11.9 Å². The highest BCUT2D eigenvalue weighted by Gasteiger charge is 2.06. The van der Waals surface area contributed by atoms with Gasteiger partial charge in [0.25, 0.3) is 0 Å². The molecule has 0 amide bonds. The number of halogens is 1. The minimum absolute atomic E-state index is 0.00127. The average Bonchev–Trinajstić information content (AvgIpc) is 2.19. The van der Waals surface area contributed by atoms with E-state index >= 15 is 0 Å². The Morgan fingerprint density at radius 3 is 2.81 bits per heavy atom. The zero-order valence-electron chi connectivity index (χ0n) is 8.57. The van der Waals surface area contributed by atoms with E-state index in [0.29, 0.717) is 10.8 Å². The molecule has 0 aromatic carbocycles. The van der Waals surface area contributed by atoms with Crippen LogP contribution in [0, 0.1) is 0 Å². The number of hydrogen-bond donors (Lipinski definition) is 3. The number of nitrogens with one attached hydrogen (secondary N) is 2. The molecule has 1 heterocycles. The molecule has 0 atom stereocenters. The van der Waals surface area contributed by atoms with Crippen LogP contribution in [0.1, 0.15) is 0 Å². The molecule has 0 fully saturated rings. The zero-order valence-corrected chi connectivity index (χ0v) is 10.1. The lowest BCUT2D eigenvalue weighted by Gasteiger charge is -2.07. The van der Waals surface area contributed by atoms with E-state index in [1.165, 1.54) is 6.20 Å². The quantitative estimate of drug-likeness (QED) is 0.502. The first-order valence-corrected chi connectivity index (χ1v) is 6.77. The number of nitrogens with two attached hydrogens (primary N) is 1. The lowest BCUT2D eigenvalue weighted by Crippen LogP contribution is -2.16. The largest absolute Gasteiger partial charge is 0.368 e. The summed E-state index contributed by atoms with van der Waals surface area (Å²) in [6.45, 7) is 0.222. The maximum atomic E-state index is 10.9. The van der Waals surface area contributed by atoms with Crippen molar-refractivity contribution in [2.24, 2.45) is 5.84 Å². The van der Waals surface area contributed by atoms with E-state index in [1.54, 1.807) is 0 Å². The predicted molar refractivity (Wildman–Crippen MR) is 63.1 cm³/mol. The number of nitrogens with zero attached hydrogens (tertiary/aromatic N) is 2. The van der Waals surface area contributed by atoms with E-state index in [-0.39, 0.29) is 18.2 Å². The molecule has 0 radical (unpaired) electrons. The Morgan fingerprint density at radius 1 is 1.56 bits per heavy atom. The summed E-state index contributed by atoms with van der Waals surface area (Å²) in [6.07, 6.45) is 2.52. The van der Waals surface area contributed by atoms with Crippen molar-refractivity contribution >= 4 is 33.2 Å². The average molecular weight is 266 g/mol. The fourth-order valence-corrected chi connectivity index (χ4v) is 1.55. The van der Waals surface area contributed by atoms with E-state index in [9.17, 15) is 8.42 Å². The van der Waals surface area contributed by atoms with Crippen molar-refractivity contribution in [3.8, 4) is 0 Å². The Morgan fingerprint density at radius 2 is 2.25 bits per heavy atom. The molecule has 4 N–H and O–H groups in total. The summed E-state index contributed by atoms with van der Waals surface area (Å²) in [5.41, 5.74) is 2.26. The van der Waals surface area contributed by atoms with Crippen molar-refractivity contribution in [3.05, 3.63) is 11.2 Å². The number of sulfone groups is 1. The zero-order chi connectivity index (χ0) is 12.2. The summed E-state index contributed by atoms with van der Waals surface area (Å²) < 4.78 is 21.8. The minimum Gasteiger partial charge on any atom is -0.368 e. The molecular formula is C7H12ClN5O2S. The van der Waals surface area contributed by atoms with Crippen molar-refractivity contribution in [2.75, 3.05) is 29.3 Å². The van der Waals surface area contributed by atoms with E-state index in [4.69, 9.17) is 17.4 Å². The number of hydrazine groups is 1. The normalized spacial score (nSPS) is 11.2. The van der Waals surface area contributed by atoms with Crippen LogP contribution < -0.4 is 16.6 Å². The molecule has 0 saturated carbocycles. The molecule has 0 unspecified atom stereocenters. The van der Waals surface area contributed by atoms with Crippen LogP contribution >= 0.6 is 11.6 Å². The summed E-state index contributed by atoms with van der Waals surface area (Å²) in [4.78, 5) is 7.70. The van der Waals surface area contributed by atoms with E-state index in [1.807, 2.05) is 0 Å². The van der Waals surface area contributed by atoms with Crippen molar-refractivity contribution in [2.45, 2.75) is 0 Å². The Kier molecular flexibility index (Phi) is 4.27. The van der Waals surface area contributed by atoms with E-state index in [0.717, 1.165) is 6.26 Å². The molecule has 9 heteroatoms. The number of rotatable bonds is 5. The molecule has 0 aliphatic carbocycles. The van der Waals surface area contributed by atoms with Gasteiger partial charge in [-0.25, -0.2) is 19.2 Å². The van der Waals surface area contributed by atoms with Crippen LogP contribution in [0.5, 0.6) is 0 Å². The molecule has 1 aromatic heterocycles. The third kappa shape index (κ3) is 4.17. The summed E-state index contributed by atoms with van der Waals surface area (Å²) in [6, 6.07) is 0. The van der Waals surface area contributed by atoms with E-state index < -0.39 is 9.84 Å².